The Balaban J connectivity index is 1.32. The molecule has 2 aliphatic rings. The first-order valence-electron chi connectivity index (χ1n) is 11.5. The minimum atomic E-state index is -0.630. The minimum Gasteiger partial charge on any atom is -0.497 e. The Hall–Kier alpha value is -3.30. The molecular formula is C25H32N4O5. The van der Waals surface area contributed by atoms with Crippen molar-refractivity contribution in [1.82, 2.24) is 20.4 Å². The number of methoxy groups -OCH3 is 1. The molecule has 182 valence electrons. The van der Waals surface area contributed by atoms with Gasteiger partial charge in [0, 0.05) is 39.3 Å². The van der Waals surface area contributed by atoms with Crippen LogP contribution in [0, 0.1) is 0 Å². The van der Waals surface area contributed by atoms with Crippen molar-refractivity contribution in [2.45, 2.75) is 12.5 Å². The predicted molar refractivity (Wildman–Crippen MR) is 127 cm³/mol. The van der Waals surface area contributed by atoms with Crippen molar-refractivity contribution < 1.29 is 23.8 Å². The van der Waals surface area contributed by atoms with Crippen molar-refractivity contribution in [3.8, 4) is 17.2 Å². The number of benzene rings is 2. The van der Waals surface area contributed by atoms with Gasteiger partial charge >= 0.3 is 11.8 Å². The molecule has 34 heavy (non-hydrogen) atoms. The van der Waals surface area contributed by atoms with Gasteiger partial charge in [-0.2, -0.15) is 0 Å². The molecule has 0 radical (unpaired) electrons. The van der Waals surface area contributed by atoms with Crippen LogP contribution in [0.25, 0.3) is 0 Å². The number of fused-ring (bicyclic) bond motifs is 1. The molecule has 2 aromatic carbocycles. The number of hydrogen-bond donors (Lipinski definition) is 2. The number of carbonyl (C=O) groups is 2. The second kappa shape index (κ2) is 11.2. The van der Waals surface area contributed by atoms with Gasteiger partial charge in [-0.1, -0.05) is 18.2 Å². The van der Waals surface area contributed by atoms with Gasteiger partial charge in [0.1, 0.15) is 5.75 Å². The molecule has 2 aliphatic heterocycles. The Morgan fingerprint density at radius 3 is 2.41 bits per heavy atom. The van der Waals surface area contributed by atoms with Gasteiger partial charge in [-0.15, -0.1) is 0 Å². The molecule has 2 N–H and O–H groups in total. The molecule has 2 heterocycles. The van der Waals surface area contributed by atoms with Gasteiger partial charge in [-0.25, -0.2) is 0 Å². The summed E-state index contributed by atoms with van der Waals surface area (Å²) in [7, 11) is 3.72. The first-order valence-corrected chi connectivity index (χ1v) is 11.5. The Morgan fingerprint density at radius 2 is 1.68 bits per heavy atom. The lowest BCUT2D eigenvalue weighted by Gasteiger charge is -2.38. The molecule has 2 aromatic rings. The maximum Gasteiger partial charge on any atom is 0.309 e. The van der Waals surface area contributed by atoms with E-state index in [4.69, 9.17) is 14.2 Å². The maximum absolute atomic E-state index is 12.5. The van der Waals surface area contributed by atoms with Crippen LogP contribution in [0.1, 0.15) is 17.2 Å². The molecule has 4 rings (SSSR count). The van der Waals surface area contributed by atoms with Crippen molar-refractivity contribution in [2.24, 2.45) is 0 Å². The number of nitrogens with one attached hydrogen (secondary N) is 2. The smallest absolute Gasteiger partial charge is 0.309 e. The number of hydrogen-bond acceptors (Lipinski definition) is 7. The molecule has 0 aromatic heterocycles. The summed E-state index contributed by atoms with van der Waals surface area (Å²) >= 11 is 0. The van der Waals surface area contributed by atoms with Crippen LogP contribution >= 0.6 is 0 Å². The normalized spacial score (nSPS) is 16.6. The fraction of sp³-hybridized carbons (Fsp3) is 0.440. The van der Waals surface area contributed by atoms with Crippen molar-refractivity contribution in [3.05, 3.63) is 53.6 Å². The summed E-state index contributed by atoms with van der Waals surface area (Å²) < 4.78 is 16.1. The summed E-state index contributed by atoms with van der Waals surface area (Å²) in [6.45, 7) is 4.56. The standard InChI is InChI=1S/C25H32N4O5/c1-28-11-13-29(14-12-28)21(19-5-8-22-23(15-19)34-17-33-22)16-27-25(31)24(30)26-10-9-18-3-6-20(32-2)7-4-18/h3-8,15,21H,9-14,16-17H2,1-2H3,(H,26,30)(H,27,31)/t21-/m1/s1. The second-order valence-electron chi connectivity index (χ2n) is 8.53. The average molecular weight is 469 g/mol. The second-order valence-corrected chi connectivity index (χ2v) is 8.53. The Labute approximate surface area is 200 Å². The lowest BCUT2D eigenvalue weighted by atomic mass is 10.0. The Bertz CT molecular complexity index is 989. The molecule has 2 amide bonds. The number of likely N-dealkylation sites (N-methyl/N-ethyl adjacent to an activating group) is 1. The van der Waals surface area contributed by atoms with Crippen molar-refractivity contribution in [1.29, 1.82) is 0 Å². The summed E-state index contributed by atoms with van der Waals surface area (Å²) in [5.41, 5.74) is 2.08. The van der Waals surface area contributed by atoms with E-state index in [0.29, 0.717) is 25.3 Å². The van der Waals surface area contributed by atoms with Crippen LogP contribution in [-0.2, 0) is 16.0 Å². The van der Waals surface area contributed by atoms with Gasteiger partial charge in [-0.05, 0) is 48.9 Å². The molecule has 0 aliphatic carbocycles. The quantitative estimate of drug-likeness (QED) is 0.562. The molecular weight excluding hydrogens is 436 g/mol. The molecule has 0 bridgehead atoms. The minimum absolute atomic E-state index is 0.0701. The van der Waals surface area contributed by atoms with Crippen molar-refractivity contribution in [3.63, 3.8) is 0 Å². The van der Waals surface area contributed by atoms with Crippen LogP contribution in [0.2, 0.25) is 0 Å². The first kappa shape index (κ1) is 23.8. The predicted octanol–water partition coefficient (Wildman–Crippen LogP) is 1.19. The lowest BCUT2D eigenvalue weighted by molar-refractivity contribution is -0.139. The SMILES string of the molecule is COc1ccc(CCNC(=O)C(=O)NC[C@H](c2ccc3c(c2)OCO3)N2CCN(C)CC2)cc1. The van der Waals surface area contributed by atoms with Gasteiger partial charge < -0.3 is 29.7 Å². The number of rotatable bonds is 8. The number of ether oxygens (including phenoxy) is 3. The summed E-state index contributed by atoms with van der Waals surface area (Å²) in [5.74, 6) is 0.954. The number of amides is 2. The van der Waals surface area contributed by atoms with E-state index in [9.17, 15) is 9.59 Å². The van der Waals surface area contributed by atoms with E-state index < -0.39 is 11.8 Å². The van der Waals surface area contributed by atoms with Crippen LogP contribution in [0.5, 0.6) is 17.2 Å². The van der Waals surface area contributed by atoms with E-state index in [1.54, 1.807) is 7.11 Å². The summed E-state index contributed by atoms with van der Waals surface area (Å²) in [4.78, 5) is 29.5. The zero-order valence-electron chi connectivity index (χ0n) is 19.7. The molecule has 0 spiro atoms. The molecule has 1 atom stereocenters. The van der Waals surface area contributed by atoms with E-state index in [0.717, 1.165) is 48.8 Å². The third-order valence-electron chi connectivity index (χ3n) is 6.28. The molecule has 9 heteroatoms. The monoisotopic (exact) mass is 468 g/mol. The van der Waals surface area contributed by atoms with E-state index in [1.807, 2.05) is 42.5 Å². The highest BCUT2D eigenvalue weighted by molar-refractivity contribution is 6.35. The van der Waals surface area contributed by atoms with Gasteiger partial charge in [0.05, 0.1) is 13.2 Å². The third-order valence-corrected chi connectivity index (χ3v) is 6.28. The van der Waals surface area contributed by atoms with Crippen LogP contribution in [0.15, 0.2) is 42.5 Å². The average Bonchev–Trinajstić information content (AvgIpc) is 3.33. The van der Waals surface area contributed by atoms with Gasteiger partial charge in [-0.3, -0.25) is 14.5 Å². The van der Waals surface area contributed by atoms with Crippen LogP contribution < -0.4 is 24.8 Å². The Morgan fingerprint density at radius 1 is 0.971 bits per heavy atom. The van der Waals surface area contributed by atoms with Crippen molar-refractivity contribution in [2.75, 3.05) is 60.2 Å². The van der Waals surface area contributed by atoms with E-state index in [1.165, 1.54) is 0 Å². The van der Waals surface area contributed by atoms with Crippen molar-refractivity contribution >= 4 is 11.8 Å². The highest BCUT2D eigenvalue weighted by Gasteiger charge is 2.27. The van der Waals surface area contributed by atoms with Gasteiger partial charge in [0.15, 0.2) is 11.5 Å². The topological polar surface area (TPSA) is 92.4 Å². The summed E-state index contributed by atoms with van der Waals surface area (Å²) in [6.07, 6.45) is 0.629. The summed E-state index contributed by atoms with van der Waals surface area (Å²) in [6, 6.07) is 13.4. The zero-order valence-corrected chi connectivity index (χ0v) is 19.7. The highest BCUT2D eigenvalue weighted by Crippen LogP contribution is 2.35. The number of nitrogens with zero attached hydrogens (tertiary/aromatic N) is 2. The molecule has 0 unspecified atom stereocenters. The van der Waals surface area contributed by atoms with Crippen LogP contribution in [-0.4, -0.2) is 81.8 Å². The number of carbonyl (C=O) groups excluding carboxylic acids is 2. The third kappa shape index (κ3) is 5.98. The molecule has 0 saturated carbocycles. The van der Waals surface area contributed by atoms with E-state index >= 15 is 0 Å². The van der Waals surface area contributed by atoms with Crippen LogP contribution in [0.4, 0.5) is 0 Å². The van der Waals surface area contributed by atoms with E-state index in [-0.39, 0.29) is 12.8 Å². The molecule has 1 saturated heterocycles. The first-order chi connectivity index (χ1) is 16.5. The van der Waals surface area contributed by atoms with Crippen LogP contribution in [0.3, 0.4) is 0 Å². The zero-order chi connectivity index (χ0) is 23.9. The molecule has 1 fully saturated rings. The molecule has 9 nitrogen and oxygen atoms in total. The largest absolute Gasteiger partial charge is 0.497 e. The maximum atomic E-state index is 12.5. The summed E-state index contributed by atoms with van der Waals surface area (Å²) in [5, 5.41) is 5.53. The van der Waals surface area contributed by atoms with E-state index in [2.05, 4.69) is 27.5 Å². The number of piperazine rings is 1. The Kier molecular flexibility index (Phi) is 7.87. The highest BCUT2D eigenvalue weighted by atomic mass is 16.7. The lowest BCUT2D eigenvalue weighted by Crippen LogP contribution is -2.49. The fourth-order valence-electron chi connectivity index (χ4n) is 4.17. The fourth-order valence-corrected chi connectivity index (χ4v) is 4.17. The van der Waals surface area contributed by atoms with Gasteiger partial charge in [0.25, 0.3) is 0 Å². The van der Waals surface area contributed by atoms with Gasteiger partial charge in [0.2, 0.25) is 6.79 Å².